The first-order valence-electron chi connectivity index (χ1n) is 13.6. The number of thioether (sulfide) groups is 1. The molecule has 0 spiro atoms. The van der Waals surface area contributed by atoms with Crippen molar-refractivity contribution in [1.29, 1.82) is 0 Å². The minimum atomic E-state index is -4.56. The number of Topliss-reactive ketones (excluding diaryl/α,β-unsaturated/α-hetero) is 1. The van der Waals surface area contributed by atoms with Crippen LogP contribution in [0.25, 0.3) is 10.9 Å². The van der Waals surface area contributed by atoms with Gasteiger partial charge in [-0.05, 0) is 56.4 Å². The number of piperidine rings is 1. The highest BCUT2D eigenvalue weighted by Crippen LogP contribution is 2.49. The summed E-state index contributed by atoms with van der Waals surface area (Å²) in [5.74, 6) is -1.31. The molecule has 44 heavy (non-hydrogen) atoms. The molecular weight excluding hydrogens is 639 g/mol. The van der Waals surface area contributed by atoms with E-state index in [4.69, 9.17) is 11.5 Å². The molecule has 2 aliphatic rings. The molecule has 1 unspecified atom stereocenters. The molecule has 3 aromatic rings. The van der Waals surface area contributed by atoms with Gasteiger partial charge in [-0.25, -0.2) is 9.97 Å². The van der Waals surface area contributed by atoms with Crippen LogP contribution in [0.2, 0.25) is 0 Å². The fraction of sp³-hybridized carbons (Fsp3) is 0.429. The molecule has 0 saturated carbocycles. The lowest BCUT2D eigenvalue weighted by Crippen LogP contribution is -2.59. The number of nitrogens with zero attached hydrogens (tertiary/aromatic N) is 4. The van der Waals surface area contributed by atoms with Crippen LogP contribution in [0.5, 0.6) is 0 Å². The van der Waals surface area contributed by atoms with E-state index in [1.54, 1.807) is 22.4 Å². The van der Waals surface area contributed by atoms with Crippen molar-refractivity contribution in [2.75, 3.05) is 12.3 Å². The van der Waals surface area contributed by atoms with E-state index in [1.807, 2.05) is 6.92 Å². The number of nitrogens with two attached hydrogens (primary N) is 2. The molecule has 16 heteroatoms. The number of amides is 2. The molecule has 1 aromatic carbocycles. The fourth-order valence-electron chi connectivity index (χ4n) is 5.57. The van der Waals surface area contributed by atoms with Crippen molar-refractivity contribution in [1.82, 2.24) is 20.2 Å². The van der Waals surface area contributed by atoms with Crippen molar-refractivity contribution in [3.05, 3.63) is 58.2 Å². The molecule has 10 nitrogen and oxygen atoms in total. The maximum absolute atomic E-state index is 14.0. The van der Waals surface area contributed by atoms with Gasteiger partial charge in [0.05, 0.1) is 22.3 Å². The molecule has 4 atom stereocenters. The van der Waals surface area contributed by atoms with E-state index < -0.39 is 40.6 Å². The van der Waals surface area contributed by atoms with Crippen LogP contribution in [0.4, 0.5) is 13.2 Å². The molecular formula is C28H31ClF3N7O3S2. The number of rotatable bonds is 9. The number of alkyl halides is 3. The Bertz CT molecular complexity index is 1570. The van der Waals surface area contributed by atoms with Crippen molar-refractivity contribution in [2.24, 2.45) is 16.5 Å². The normalized spacial score (nSPS) is 22.2. The Morgan fingerprint density at radius 3 is 2.70 bits per heavy atom. The van der Waals surface area contributed by atoms with Gasteiger partial charge in [0.25, 0.3) is 0 Å². The number of halogens is 4. The van der Waals surface area contributed by atoms with E-state index in [1.165, 1.54) is 41.4 Å². The highest BCUT2D eigenvalue weighted by atomic mass is 35.5. The first-order valence-corrected chi connectivity index (χ1v) is 15.5. The van der Waals surface area contributed by atoms with Crippen LogP contribution in [-0.4, -0.2) is 67.7 Å². The Morgan fingerprint density at radius 2 is 2.02 bits per heavy atom. The fourth-order valence-corrected chi connectivity index (χ4v) is 7.64. The van der Waals surface area contributed by atoms with Gasteiger partial charge < -0.3 is 21.7 Å². The average Bonchev–Trinajstić information content (AvgIpc) is 3.62. The zero-order valence-corrected chi connectivity index (χ0v) is 26.0. The highest BCUT2D eigenvalue weighted by molar-refractivity contribution is 8.00. The van der Waals surface area contributed by atoms with Crippen LogP contribution in [0.15, 0.2) is 46.9 Å². The number of guanidine groups is 1. The highest BCUT2D eigenvalue weighted by Gasteiger charge is 2.54. The van der Waals surface area contributed by atoms with Gasteiger partial charge in [-0.1, -0.05) is 12.1 Å². The molecule has 4 heterocycles. The minimum Gasteiger partial charge on any atom is -0.370 e. The summed E-state index contributed by atoms with van der Waals surface area (Å²) >= 11 is 2.69. The molecule has 5 rings (SSSR count). The lowest BCUT2D eigenvalue weighted by atomic mass is 9.85. The molecule has 0 aliphatic carbocycles. The van der Waals surface area contributed by atoms with Crippen LogP contribution >= 0.6 is 35.5 Å². The summed E-state index contributed by atoms with van der Waals surface area (Å²) in [6.07, 6.45) is -1.21. The molecule has 2 saturated heterocycles. The molecule has 2 aromatic heterocycles. The third-order valence-corrected chi connectivity index (χ3v) is 10.0. The molecule has 5 N–H and O–H groups in total. The lowest BCUT2D eigenvalue weighted by Gasteiger charge is -2.44. The van der Waals surface area contributed by atoms with Crippen molar-refractivity contribution in [3.8, 4) is 0 Å². The summed E-state index contributed by atoms with van der Waals surface area (Å²) in [7, 11) is 0. The smallest absolute Gasteiger partial charge is 0.370 e. The standard InChI is InChI=1S/C28H30F3N7O3S2.ClH/c1-27-9-8-17(15-4-6-18-16(13-15)5-7-21(36-18)28(29,30)31)25(41)38(27)20(14-43-27)23(40)37-19(3-2-10-35-26(32)33)22(39)24-34-11-12-42-24;/h4-7,11-13,17,19-20H,2-3,8-10,14H2,1H3,(H,37,40)(H4,32,33,35);1H/t17-,19?,20+,27+;/m1./s1. The number of hydrogen-bond acceptors (Lipinski definition) is 8. The predicted octanol–water partition coefficient (Wildman–Crippen LogP) is 4.09. The number of aromatic nitrogens is 2. The zero-order chi connectivity index (χ0) is 30.9. The Labute approximate surface area is 265 Å². The van der Waals surface area contributed by atoms with Gasteiger partial charge in [0.15, 0.2) is 11.0 Å². The third kappa shape index (κ3) is 6.94. The Hall–Kier alpha value is -3.43. The number of benzene rings is 1. The van der Waals surface area contributed by atoms with Crippen molar-refractivity contribution >= 4 is 70.0 Å². The summed E-state index contributed by atoms with van der Waals surface area (Å²) in [5, 5.41) is 5.29. The van der Waals surface area contributed by atoms with E-state index in [9.17, 15) is 27.6 Å². The van der Waals surface area contributed by atoms with Crippen molar-refractivity contribution in [3.63, 3.8) is 0 Å². The van der Waals surface area contributed by atoms with Gasteiger partial charge in [0.1, 0.15) is 11.7 Å². The maximum Gasteiger partial charge on any atom is 0.433 e. The third-order valence-electron chi connectivity index (χ3n) is 7.74. The van der Waals surface area contributed by atoms with Crippen molar-refractivity contribution in [2.45, 2.75) is 61.7 Å². The van der Waals surface area contributed by atoms with Crippen LogP contribution in [0.3, 0.4) is 0 Å². The van der Waals surface area contributed by atoms with E-state index in [0.29, 0.717) is 36.0 Å². The van der Waals surface area contributed by atoms with Gasteiger partial charge in [0, 0.05) is 29.3 Å². The summed E-state index contributed by atoms with van der Waals surface area (Å²) in [6, 6.07) is 5.37. The maximum atomic E-state index is 14.0. The van der Waals surface area contributed by atoms with Crippen LogP contribution in [-0.2, 0) is 15.8 Å². The first-order chi connectivity index (χ1) is 20.4. The van der Waals surface area contributed by atoms with E-state index in [-0.39, 0.29) is 53.5 Å². The van der Waals surface area contributed by atoms with Gasteiger partial charge in [-0.2, -0.15) is 13.2 Å². The Balaban J connectivity index is 0.00000442. The largest absolute Gasteiger partial charge is 0.433 e. The Kier molecular flexibility index (Phi) is 10.1. The summed E-state index contributed by atoms with van der Waals surface area (Å²) in [6.45, 7) is 2.21. The number of ketones is 1. The number of aliphatic imine (C=N–C) groups is 1. The Morgan fingerprint density at radius 1 is 1.25 bits per heavy atom. The average molecular weight is 670 g/mol. The number of carbonyl (C=O) groups is 3. The van der Waals surface area contributed by atoms with E-state index in [2.05, 4.69) is 20.3 Å². The summed E-state index contributed by atoms with van der Waals surface area (Å²) in [4.78, 5) is 53.6. The molecule has 0 bridgehead atoms. The molecule has 2 fully saturated rings. The minimum absolute atomic E-state index is 0. The van der Waals surface area contributed by atoms with E-state index in [0.717, 1.165) is 6.07 Å². The first kappa shape index (κ1) is 33.5. The number of hydrogen-bond donors (Lipinski definition) is 3. The second-order valence-corrected chi connectivity index (χ2v) is 13.1. The second-order valence-electron chi connectivity index (χ2n) is 10.7. The number of pyridine rings is 1. The summed E-state index contributed by atoms with van der Waals surface area (Å²) < 4.78 is 39.4. The van der Waals surface area contributed by atoms with Crippen molar-refractivity contribution < 1.29 is 27.6 Å². The lowest BCUT2D eigenvalue weighted by molar-refractivity contribution is -0.146. The predicted molar refractivity (Wildman–Crippen MR) is 166 cm³/mol. The molecule has 2 amide bonds. The number of nitrogens with one attached hydrogen (secondary N) is 1. The summed E-state index contributed by atoms with van der Waals surface area (Å²) in [5.41, 5.74) is 10.6. The number of thiazole rings is 1. The van der Waals surface area contributed by atoms with Gasteiger partial charge >= 0.3 is 6.18 Å². The van der Waals surface area contributed by atoms with Crippen LogP contribution in [0, 0.1) is 0 Å². The molecule has 236 valence electrons. The number of fused-ring (bicyclic) bond motifs is 2. The van der Waals surface area contributed by atoms with E-state index >= 15 is 0 Å². The topological polar surface area (TPSA) is 157 Å². The van der Waals surface area contributed by atoms with Crippen LogP contribution < -0.4 is 16.8 Å². The number of carbonyl (C=O) groups excluding carboxylic acids is 3. The van der Waals surface area contributed by atoms with Gasteiger partial charge in [-0.3, -0.25) is 19.4 Å². The zero-order valence-electron chi connectivity index (χ0n) is 23.5. The van der Waals surface area contributed by atoms with Gasteiger partial charge in [0.2, 0.25) is 17.6 Å². The van der Waals surface area contributed by atoms with Crippen LogP contribution in [0.1, 0.15) is 59.6 Å². The monoisotopic (exact) mass is 669 g/mol. The van der Waals surface area contributed by atoms with Gasteiger partial charge in [-0.15, -0.1) is 35.5 Å². The molecule has 2 aliphatic heterocycles. The quantitative estimate of drug-likeness (QED) is 0.133. The molecule has 0 radical (unpaired) electrons. The second kappa shape index (κ2) is 13.3. The SMILES string of the molecule is C[C@]12CC[C@H](c3ccc4nc(C(F)(F)F)ccc4c3)C(=O)N1[C@H](C(=O)NC(CCCN=C(N)N)C(=O)c1nccs1)CS2.Cl.